The highest BCUT2D eigenvalue weighted by atomic mass is 16.5. The zero-order valence-electron chi connectivity index (χ0n) is 19.1. The Morgan fingerprint density at radius 3 is 2.65 bits per heavy atom. The normalized spacial score (nSPS) is 13.3. The van der Waals surface area contributed by atoms with Crippen LogP contribution >= 0.6 is 0 Å². The molecule has 2 N–H and O–H groups in total. The lowest BCUT2D eigenvalue weighted by molar-refractivity contribution is -0.117. The molecule has 4 aromatic rings. The molecular weight excluding hydrogens is 434 g/mol. The molecule has 34 heavy (non-hydrogen) atoms. The van der Waals surface area contributed by atoms with Crippen molar-refractivity contribution in [1.29, 1.82) is 0 Å². The van der Waals surface area contributed by atoms with Gasteiger partial charge in [-0.15, -0.1) is 5.10 Å². The van der Waals surface area contributed by atoms with Crippen LogP contribution in [0.2, 0.25) is 0 Å². The summed E-state index contributed by atoms with van der Waals surface area (Å²) in [6.45, 7) is 5.82. The standard InChI is InChI=1S/C24H25N7O3/c1-14(2)31-20(11-15(3)28-31)23(33)25-17-5-4-6-18(12-17)34-19-9-10-21-26-24(29-30(21)13-19)27-22(32)16-7-8-16/h4-6,9-14,16H,7-8H2,1-3H3,(H,25,33)(H,27,29,32). The Labute approximate surface area is 195 Å². The predicted molar refractivity (Wildman–Crippen MR) is 126 cm³/mol. The number of nitrogens with one attached hydrogen (secondary N) is 2. The average molecular weight is 460 g/mol. The van der Waals surface area contributed by atoms with Crippen LogP contribution in [0.25, 0.3) is 5.65 Å². The second kappa shape index (κ2) is 8.62. The van der Waals surface area contributed by atoms with E-state index in [1.807, 2.05) is 20.8 Å². The minimum absolute atomic E-state index is 0.0437. The van der Waals surface area contributed by atoms with Crippen LogP contribution in [0.15, 0.2) is 48.7 Å². The van der Waals surface area contributed by atoms with Crippen molar-refractivity contribution in [2.24, 2.45) is 5.92 Å². The molecule has 0 bridgehead atoms. The van der Waals surface area contributed by atoms with Gasteiger partial charge < -0.3 is 10.1 Å². The van der Waals surface area contributed by atoms with Gasteiger partial charge in [-0.25, -0.2) is 4.52 Å². The third kappa shape index (κ3) is 4.61. The van der Waals surface area contributed by atoms with Crippen molar-refractivity contribution >= 4 is 29.1 Å². The molecule has 1 saturated carbocycles. The van der Waals surface area contributed by atoms with Crippen LogP contribution in [-0.2, 0) is 4.79 Å². The molecule has 0 spiro atoms. The molecule has 0 unspecified atom stereocenters. The summed E-state index contributed by atoms with van der Waals surface area (Å²) < 4.78 is 9.24. The molecule has 3 heterocycles. The number of ether oxygens (including phenoxy) is 1. The molecule has 2 amide bonds. The van der Waals surface area contributed by atoms with Crippen molar-refractivity contribution in [3.8, 4) is 11.5 Å². The SMILES string of the molecule is Cc1cc(C(=O)Nc2cccc(Oc3ccc4nc(NC(=O)C5CC5)nn4c3)c2)n(C(C)C)n1. The number of hydrogen-bond donors (Lipinski definition) is 2. The highest BCUT2D eigenvalue weighted by Gasteiger charge is 2.30. The first-order valence-corrected chi connectivity index (χ1v) is 11.2. The van der Waals surface area contributed by atoms with Gasteiger partial charge in [-0.3, -0.25) is 19.6 Å². The molecular formula is C24H25N7O3. The van der Waals surface area contributed by atoms with Crippen LogP contribution in [0.3, 0.4) is 0 Å². The Hall–Kier alpha value is -4.21. The largest absolute Gasteiger partial charge is 0.456 e. The lowest BCUT2D eigenvalue weighted by atomic mass is 10.2. The van der Waals surface area contributed by atoms with Crippen LogP contribution in [0, 0.1) is 12.8 Å². The fourth-order valence-electron chi connectivity index (χ4n) is 3.58. The molecule has 0 radical (unpaired) electrons. The van der Waals surface area contributed by atoms with Gasteiger partial charge in [-0.05, 0) is 63.9 Å². The van der Waals surface area contributed by atoms with E-state index in [1.165, 1.54) is 0 Å². The van der Waals surface area contributed by atoms with Gasteiger partial charge >= 0.3 is 0 Å². The number of rotatable bonds is 7. The summed E-state index contributed by atoms with van der Waals surface area (Å²) in [6.07, 6.45) is 3.51. The summed E-state index contributed by atoms with van der Waals surface area (Å²) in [7, 11) is 0. The number of carbonyl (C=O) groups excluding carboxylic acids is 2. The van der Waals surface area contributed by atoms with Gasteiger partial charge in [0.2, 0.25) is 11.9 Å². The maximum Gasteiger partial charge on any atom is 0.273 e. The number of pyridine rings is 1. The fraction of sp³-hybridized carbons (Fsp3) is 0.292. The van der Waals surface area contributed by atoms with E-state index in [4.69, 9.17) is 4.74 Å². The molecule has 1 aromatic carbocycles. The van der Waals surface area contributed by atoms with Crippen LogP contribution in [0.1, 0.15) is 48.9 Å². The van der Waals surface area contributed by atoms with Crippen LogP contribution in [0.4, 0.5) is 11.6 Å². The third-order valence-corrected chi connectivity index (χ3v) is 5.39. The van der Waals surface area contributed by atoms with Gasteiger partial charge in [-0.1, -0.05) is 6.07 Å². The van der Waals surface area contributed by atoms with Crippen LogP contribution < -0.4 is 15.4 Å². The number of anilines is 2. The summed E-state index contributed by atoms with van der Waals surface area (Å²) in [5.41, 5.74) is 2.48. The third-order valence-electron chi connectivity index (χ3n) is 5.39. The maximum absolute atomic E-state index is 12.8. The smallest absolute Gasteiger partial charge is 0.273 e. The van der Waals surface area contributed by atoms with E-state index in [0.29, 0.717) is 28.5 Å². The summed E-state index contributed by atoms with van der Waals surface area (Å²) in [4.78, 5) is 29.1. The number of amides is 2. The first-order chi connectivity index (χ1) is 16.4. The fourth-order valence-corrected chi connectivity index (χ4v) is 3.58. The molecule has 10 nitrogen and oxygen atoms in total. The monoisotopic (exact) mass is 459 g/mol. The first-order valence-electron chi connectivity index (χ1n) is 11.2. The Morgan fingerprint density at radius 2 is 1.88 bits per heavy atom. The van der Waals surface area contributed by atoms with Gasteiger partial charge in [0, 0.05) is 23.7 Å². The Bertz CT molecular complexity index is 1380. The average Bonchev–Trinajstić information content (AvgIpc) is 3.46. The van der Waals surface area contributed by atoms with Crippen molar-refractivity contribution < 1.29 is 14.3 Å². The number of benzene rings is 1. The Morgan fingerprint density at radius 1 is 1.06 bits per heavy atom. The molecule has 10 heteroatoms. The van der Waals surface area contributed by atoms with Crippen molar-refractivity contribution in [2.75, 3.05) is 10.6 Å². The number of nitrogens with zero attached hydrogens (tertiary/aromatic N) is 5. The van der Waals surface area contributed by atoms with E-state index in [9.17, 15) is 9.59 Å². The van der Waals surface area contributed by atoms with Crippen molar-refractivity contribution in [1.82, 2.24) is 24.4 Å². The molecule has 0 aliphatic heterocycles. The molecule has 3 aromatic heterocycles. The maximum atomic E-state index is 12.8. The Kier molecular flexibility index (Phi) is 5.48. The van der Waals surface area contributed by atoms with Crippen LogP contribution in [-0.4, -0.2) is 36.2 Å². The molecule has 0 atom stereocenters. The van der Waals surface area contributed by atoms with E-state index < -0.39 is 0 Å². The van der Waals surface area contributed by atoms with Gasteiger partial charge in [-0.2, -0.15) is 10.1 Å². The van der Waals surface area contributed by atoms with Crippen molar-refractivity contribution in [3.63, 3.8) is 0 Å². The molecule has 5 rings (SSSR count). The quantitative estimate of drug-likeness (QED) is 0.428. The molecule has 1 aliphatic carbocycles. The van der Waals surface area contributed by atoms with E-state index in [1.54, 1.807) is 57.9 Å². The predicted octanol–water partition coefficient (Wildman–Crippen LogP) is 4.21. The minimum Gasteiger partial charge on any atom is -0.456 e. The lowest BCUT2D eigenvalue weighted by Crippen LogP contribution is -2.18. The highest BCUT2D eigenvalue weighted by molar-refractivity contribution is 6.03. The summed E-state index contributed by atoms with van der Waals surface area (Å²) in [6, 6.07) is 12.5. The van der Waals surface area contributed by atoms with Crippen LogP contribution in [0.5, 0.6) is 11.5 Å². The van der Waals surface area contributed by atoms with Gasteiger partial charge in [0.05, 0.1) is 11.9 Å². The van der Waals surface area contributed by atoms with E-state index in [0.717, 1.165) is 18.5 Å². The van der Waals surface area contributed by atoms with Gasteiger partial charge in [0.25, 0.3) is 5.91 Å². The number of aromatic nitrogens is 5. The zero-order chi connectivity index (χ0) is 23.8. The van der Waals surface area contributed by atoms with E-state index in [-0.39, 0.29) is 29.7 Å². The molecule has 174 valence electrons. The van der Waals surface area contributed by atoms with Gasteiger partial charge in [0.15, 0.2) is 5.65 Å². The summed E-state index contributed by atoms with van der Waals surface area (Å²) >= 11 is 0. The lowest BCUT2D eigenvalue weighted by Gasteiger charge is -2.12. The van der Waals surface area contributed by atoms with Gasteiger partial charge in [0.1, 0.15) is 17.2 Å². The van der Waals surface area contributed by atoms with Crippen molar-refractivity contribution in [3.05, 3.63) is 60.0 Å². The topological polar surface area (TPSA) is 115 Å². The summed E-state index contributed by atoms with van der Waals surface area (Å²) in [5, 5.41) is 14.4. The number of carbonyl (C=O) groups is 2. The molecule has 0 saturated heterocycles. The zero-order valence-corrected chi connectivity index (χ0v) is 19.1. The highest BCUT2D eigenvalue weighted by Crippen LogP contribution is 2.30. The Balaban J connectivity index is 1.29. The number of aryl methyl sites for hydroxylation is 1. The minimum atomic E-state index is -0.240. The second-order valence-corrected chi connectivity index (χ2v) is 8.66. The van der Waals surface area contributed by atoms with Crippen molar-refractivity contribution in [2.45, 2.75) is 39.7 Å². The molecule has 1 aliphatic rings. The number of hydrogen-bond acceptors (Lipinski definition) is 6. The molecule has 1 fully saturated rings. The second-order valence-electron chi connectivity index (χ2n) is 8.66. The van der Waals surface area contributed by atoms with E-state index >= 15 is 0 Å². The first kappa shape index (κ1) is 21.6. The number of fused-ring (bicyclic) bond motifs is 1. The summed E-state index contributed by atoms with van der Waals surface area (Å²) in [5.74, 6) is 1.15. The van der Waals surface area contributed by atoms with E-state index in [2.05, 4.69) is 25.8 Å².